The van der Waals surface area contributed by atoms with E-state index in [1.165, 1.54) is 0 Å². The predicted molar refractivity (Wildman–Crippen MR) is 66.1 cm³/mol. The number of aliphatic hydroxyl groups is 1. The van der Waals surface area contributed by atoms with Gasteiger partial charge in [0.25, 0.3) is 0 Å². The highest BCUT2D eigenvalue weighted by Gasteiger charge is 2.25. The summed E-state index contributed by atoms with van der Waals surface area (Å²) in [5, 5.41) is 10.2. The third kappa shape index (κ3) is 3.91. The van der Waals surface area contributed by atoms with E-state index in [-0.39, 0.29) is 11.3 Å². The van der Waals surface area contributed by atoms with Gasteiger partial charge in [-0.05, 0) is 24.0 Å². The number of aliphatic hydroxyl groups excluding tert-OH is 1. The van der Waals surface area contributed by atoms with E-state index in [2.05, 4.69) is 25.8 Å². The smallest absolute Gasteiger partial charge is 0.0641 e. The Balaban J connectivity index is 2.75. The zero-order valence-corrected chi connectivity index (χ0v) is 10.4. The van der Waals surface area contributed by atoms with Crippen LogP contribution in [0.15, 0.2) is 24.4 Å². The lowest BCUT2D eigenvalue weighted by molar-refractivity contribution is 0.0959. The Morgan fingerprint density at radius 2 is 2.06 bits per heavy atom. The van der Waals surface area contributed by atoms with Crippen LogP contribution >= 0.6 is 0 Å². The number of nitrogens with zero attached hydrogens (tertiary/aromatic N) is 1. The van der Waals surface area contributed by atoms with Crippen LogP contribution in [-0.2, 0) is 0 Å². The van der Waals surface area contributed by atoms with Gasteiger partial charge < -0.3 is 10.8 Å². The summed E-state index contributed by atoms with van der Waals surface area (Å²) in [6, 6.07) is 5.71. The molecule has 2 unspecified atom stereocenters. The van der Waals surface area contributed by atoms with Crippen LogP contribution in [0.2, 0.25) is 0 Å². The van der Waals surface area contributed by atoms with E-state index in [9.17, 15) is 5.11 Å². The third-order valence-electron chi connectivity index (χ3n) is 2.61. The first kappa shape index (κ1) is 13.1. The maximum absolute atomic E-state index is 10.2. The summed E-state index contributed by atoms with van der Waals surface area (Å²) < 4.78 is 0. The molecular formula is C13H22N2O. The Hall–Kier alpha value is -0.930. The summed E-state index contributed by atoms with van der Waals surface area (Å²) in [4.78, 5) is 4.26. The molecule has 90 valence electrons. The quantitative estimate of drug-likeness (QED) is 0.818. The van der Waals surface area contributed by atoms with Crippen molar-refractivity contribution in [1.29, 1.82) is 0 Å². The van der Waals surface area contributed by atoms with Crippen LogP contribution in [0.25, 0.3) is 0 Å². The Kier molecular flexibility index (Phi) is 4.44. The number of nitrogens with two attached hydrogens (primary N) is 1. The van der Waals surface area contributed by atoms with Crippen LogP contribution in [0.3, 0.4) is 0 Å². The van der Waals surface area contributed by atoms with Crippen LogP contribution in [0, 0.1) is 5.41 Å². The zero-order valence-electron chi connectivity index (χ0n) is 10.4. The van der Waals surface area contributed by atoms with Gasteiger partial charge in [-0.15, -0.1) is 0 Å². The van der Waals surface area contributed by atoms with Gasteiger partial charge in [-0.25, -0.2) is 0 Å². The molecule has 0 bridgehead atoms. The minimum Gasteiger partial charge on any atom is -0.392 e. The molecule has 0 aliphatic heterocycles. The summed E-state index contributed by atoms with van der Waals surface area (Å²) in [5.41, 5.74) is 6.70. The molecule has 3 heteroatoms. The van der Waals surface area contributed by atoms with Gasteiger partial charge >= 0.3 is 0 Å². The fourth-order valence-corrected chi connectivity index (χ4v) is 1.84. The lowest BCUT2D eigenvalue weighted by Crippen LogP contribution is -2.30. The van der Waals surface area contributed by atoms with E-state index in [0.717, 1.165) is 12.1 Å². The van der Waals surface area contributed by atoms with Crippen molar-refractivity contribution in [2.75, 3.05) is 6.54 Å². The molecule has 0 saturated heterocycles. The highest BCUT2D eigenvalue weighted by molar-refractivity contribution is 5.11. The molecule has 1 aromatic heterocycles. The highest BCUT2D eigenvalue weighted by atomic mass is 16.3. The predicted octanol–water partition coefficient (Wildman–Crippen LogP) is 1.92. The van der Waals surface area contributed by atoms with Gasteiger partial charge in [0.15, 0.2) is 0 Å². The van der Waals surface area contributed by atoms with Crippen molar-refractivity contribution in [3.05, 3.63) is 30.1 Å². The second kappa shape index (κ2) is 5.41. The maximum Gasteiger partial charge on any atom is 0.0641 e. The van der Waals surface area contributed by atoms with Crippen molar-refractivity contribution in [3.8, 4) is 0 Å². The Bertz CT molecular complexity index is 305. The average Bonchev–Trinajstić information content (AvgIpc) is 2.17. The van der Waals surface area contributed by atoms with Gasteiger partial charge in [-0.1, -0.05) is 26.8 Å². The molecule has 3 nitrogen and oxygen atoms in total. The van der Waals surface area contributed by atoms with Crippen molar-refractivity contribution in [3.63, 3.8) is 0 Å². The molecule has 0 aromatic carbocycles. The van der Waals surface area contributed by atoms with Gasteiger partial charge in [-0.2, -0.15) is 0 Å². The zero-order chi connectivity index (χ0) is 12.2. The first-order valence-corrected chi connectivity index (χ1v) is 5.73. The van der Waals surface area contributed by atoms with Crippen molar-refractivity contribution in [2.24, 2.45) is 11.1 Å². The number of rotatable bonds is 4. The molecule has 0 spiro atoms. The largest absolute Gasteiger partial charge is 0.392 e. The molecule has 1 heterocycles. The topological polar surface area (TPSA) is 59.1 Å². The molecule has 0 saturated carbocycles. The number of hydrogen-bond donors (Lipinski definition) is 2. The third-order valence-corrected chi connectivity index (χ3v) is 2.61. The molecule has 16 heavy (non-hydrogen) atoms. The molecule has 1 aromatic rings. The van der Waals surface area contributed by atoms with Gasteiger partial charge in [0.2, 0.25) is 0 Å². The Labute approximate surface area is 97.7 Å². The van der Waals surface area contributed by atoms with Crippen LogP contribution in [-0.4, -0.2) is 22.7 Å². The molecular weight excluding hydrogens is 200 g/mol. The first-order valence-electron chi connectivity index (χ1n) is 5.73. The first-order chi connectivity index (χ1) is 7.44. The number of hydrogen-bond acceptors (Lipinski definition) is 3. The molecule has 1 rings (SSSR count). The summed E-state index contributed by atoms with van der Waals surface area (Å²) in [7, 11) is 0. The second-order valence-electron chi connectivity index (χ2n) is 5.43. The normalized spacial score (nSPS) is 15.8. The molecule has 0 fully saturated rings. The fourth-order valence-electron chi connectivity index (χ4n) is 1.84. The SMILES string of the molecule is CC(C)(C)CC(O)C(CN)c1ccccn1. The molecule has 0 amide bonds. The van der Waals surface area contributed by atoms with Gasteiger partial charge in [-0.3, -0.25) is 4.98 Å². The van der Waals surface area contributed by atoms with Gasteiger partial charge in [0.1, 0.15) is 0 Å². The molecule has 2 atom stereocenters. The minimum absolute atomic E-state index is 0.0691. The lowest BCUT2D eigenvalue weighted by Gasteiger charge is -2.27. The summed E-state index contributed by atoms with van der Waals surface area (Å²) in [5.74, 6) is -0.0691. The average molecular weight is 222 g/mol. The monoisotopic (exact) mass is 222 g/mol. The maximum atomic E-state index is 10.2. The van der Waals surface area contributed by atoms with Crippen molar-refractivity contribution < 1.29 is 5.11 Å². The Morgan fingerprint density at radius 3 is 2.50 bits per heavy atom. The lowest BCUT2D eigenvalue weighted by atomic mass is 9.83. The van der Waals surface area contributed by atoms with Gasteiger partial charge in [0.05, 0.1) is 6.10 Å². The highest BCUT2D eigenvalue weighted by Crippen LogP contribution is 2.27. The fraction of sp³-hybridized carbons (Fsp3) is 0.615. The van der Waals surface area contributed by atoms with Crippen LogP contribution < -0.4 is 5.73 Å². The van der Waals surface area contributed by atoms with E-state index in [1.54, 1.807) is 6.20 Å². The van der Waals surface area contributed by atoms with E-state index < -0.39 is 6.10 Å². The summed E-state index contributed by atoms with van der Waals surface area (Å²) >= 11 is 0. The van der Waals surface area contributed by atoms with E-state index in [4.69, 9.17) is 5.73 Å². The molecule has 3 N–H and O–H groups in total. The van der Waals surface area contributed by atoms with E-state index in [0.29, 0.717) is 6.54 Å². The van der Waals surface area contributed by atoms with Crippen LogP contribution in [0.5, 0.6) is 0 Å². The molecule has 0 aliphatic carbocycles. The van der Waals surface area contributed by atoms with E-state index >= 15 is 0 Å². The summed E-state index contributed by atoms with van der Waals surface area (Å²) in [6.07, 6.45) is 2.03. The molecule has 0 aliphatic rings. The summed E-state index contributed by atoms with van der Waals surface area (Å²) in [6.45, 7) is 6.76. The standard InChI is InChI=1S/C13H22N2O/c1-13(2,3)8-12(16)10(9-14)11-6-4-5-7-15-11/h4-7,10,12,16H,8-9,14H2,1-3H3. The van der Waals surface area contributed by atoms with Gasteiger partial charge in [0, 0.05) is 24.4 Å². The van der Waals surface area contributed by atoms with Crippen molar-refractivity contribution in [1.82, 2.24) is 4.98 Å². The second-order valence-corrected chi connectivity index (χ2v) is 5.43. The van der Waals surface area contributed by atoms with Crippen LogP contribution in [0.4, 0.5) is 0 Å². The number of pyridine rings is 1. The Morgan fingerprint density at radius 1 is 1.38 bits per heavy atom. The van der Waals surface area contributed by atoms with E-state index in [1.807, 2.05) is 18.2 Å². The minimum atomic E-state index is -0.431. The van der Waals surface area contributed by atoms with Crippen LogP contribution in [0.1, 0.15) is 38.8 Å². The molecule has 0 radical (unpaired) electrons. The van der Waals surface area contributed by atoms with Crippen molar-refractivity contribution >= 4 is 0 Å². The van der Waals surface area contributed by atoms with Crippen molar-refractivity contribution in [2.45, 2.75) is 39.2 Å². The number of aromatic nitrogens is 1.